The van der Waals surface area contributed by atoms with Crippen LogP contribution in [0.5, 0.6) is 0 Å². The first-order valence-corrected chi connectivity index (χ1v) is 17.8. The Morgan fingerprint density at radius 3 is 0.867 bits per heavy atom. The van der Waals surface area contributed by atoms with Crippen molar-refractivity contribution >= 4 is 0 Å². The minimum Gasteiger partial charge on any atom is -0.389 e. The average molecular weight is 653 g/mol. The van der Waals surface area contributed by atoms with E-state index in [2.05, 4.69) is 27.7 Å². The lowest BCUT2D eigenvalue weighted by Gasteiger charge is -2.34. The van der Waals surface area contributed by atoms with Gasteiger partial charge in [0.15, 0.2) is 0 Å². The predicted molar refractivity (Wildman–Crippen MR) is 180 cm³/mol. The summed E-state index contributed by atoms with van der Waals surface area (Å²) in [5.41, 5.74) is 0. The maximum absolute atomic E-state index is 10.7. The van der Waals surface area contributed by atoms with Gasteiger partial charge in [-0.05, 0) is 39.5 Å². The second-order valence-corrected chi connectivity index (χ2v) is 12.5. The highest BCUT2D eigenvalue weighted by atomic mass is 16.5. The molecule has 6 unspecified atom stereocenters. The summed E-state index contributed by atoms with van der Waals surface area (Å²) in [6.07, 6.45) is 5.21. The fourth-order valence-electron chi connectivity index (χ4n) is 4.65. The fraction of sp³-hybridized carbons (Fsp3) is 1.00. The van der Waals surface area contributed by atoms with E-state index in [1.807, 2.05) is 23.6 Å². The number of hydrogen-bond acceptors (Lipinski definition) is 11. The number of nitrogens with zero attached hydrogens (tertiary/aromatic N) is 2. The number of aliphatic hydroxyl groups excluding tert-OH is 4. The molecule has 0 bridgehead atoms. The Bertz CT molecular complexity index is 532. The Morgan fingerprint density at radius 1 is 0.400 bits per heavy atom. The molecule has 0 spiro atoms. The largest absolute Gasteiger partial charge is 0.389 e. The van der Waals surface area contributed by atoms with Crippen LogP contribution in [0.15, 0.2) is 0 Å². The number of rotatable bonds is 34. The highest BCUT2D eigenvalue weighted by Gasteiger charge is 2.24. The van der Waals surface area contributed by atoms with Gasteiger partial charge in [0.25, 0.3) is 0 Å². The van der Waals surface area contributed by atoms with Crippen molar-refractivity contribution in [2.24, 2.45) is 0 Å². The van der Waals surface area contributed by atoms with Crippen LogP contribution >= 0.6 is 0 Å². The lowest BCUT2D eigenvalue weighted by molar-refractivity contribution is -0.0462. The highest BCUT2D eigenvalue weighted by Crippen LogP contribution is 2.09. The molecule has 0 aromatic carbocycles. The third kappa shape index (κ3) is 26.2. The summed E-state index contributed by atoms with van der Waals surface area (Å²) in [5, 5.41) is 42.7. The van der Waals surface area contributed by atoms with E-state index in [0.717, 1.165) is 51.4 Å². The molecular weight excluding hydrogens is 580 g/mol. The fourth-order valence-corrected chi connectivity index (χ4v) is 4.65. The zero-order valence-electron chi connectivity index (χ0n) is 29.7. The van der Waals surface area contributed by atoms with Crippen LogP contribution in [-0.2, 0) is 23.7 Å². The maximum atomic E-state index is 10.7. The predicted octanol–water partition coefficient (Wildman–Crippen LogP) is 3.09. The van der Waals surface area contributed by atoms with Crippen LogP contribution in [0.3, 0.4) is 0 Å². The summed E-state index contributed by atoms with van der Waals surface area (Å²) in [7, 11) is 0. The SMILES string of the molecule is CCCCOCC(O)CN(CC(O)COCCCC)C(C)COCC(C)N(CC(O)COCCCC)CC(O)COCCCC. The van der Waals surface area contributed by atoms with Crippen LogP contribution in [0, 0.1) is 0 Å². The molecule has 0 heterocycles. The van der Waals surface area contributed by atoms with Crippen LogP contribution in [0.2, 0.25) is 0 Å². The van der Waals surface area contributed by atoms with Crippen LogP contribution in [0.25, 0.3) is 0 Å². The van der Waals surface area contributed by atoms with E-state index in [1.54, 1.807) is 0 Å². The smallest absolute Gasteiger partial charge is 0.0900 e. The molecule has 11 nitrogen and oxygen atoms in total. The van der Waals surface area contributed by atoms with Crippen molar-refractivity contribution < 1.29 is 44.1 Å². The lowest BCUT2D eigenvalue weighted by atomic mass is 10.2. The molecule has 45 heavy (non-hydrogen) atoms. The van der Waals surface area contributed by atoms with Gasteiger partial charge < -0.3 is 44.1 Å². The van der Waals surface area contributed by atoms with Gasteiger partial charge in [0, 0.05) is 64.7 Å². The van der Waals surface area contributed by atoms with Crippen molar-refractivity contribution in [3.05, 3.63) is 0 Å². The zero-order valence-corrected chi connectivity index (χ0v) is 29.7. The van der Waals surface area contributed by atoms with E-state index in [-0.39, 0.29) is 38.5 Å². The Labute approximate surface area is 275 Å². The summed E-state index contributed by atoms with van der Waals surface area (Å²) >= 11 is 0. The van der Waals surface area contributed by atoms with Crippen molar-refractivity contribution in [1.82, 2.24) is 9.80 Å². The highest BCUT2D eigenvalue weighted by molar-refractivity contribution is 4.77. The van der Waals surface area contributed by atoms with Crippen molar-refractivity contribution in [3.8, 4) is 0 Å². The van der Waals surface area contributed by atoms with E-state index in [4.69, 9.17) is 23.7 Å². The Hall–Kier alpha value is -0.440. The first kappa shape index (κ1) is 44.6. The standard InChI is InChI=1S/C34H72N2O9/c1-7-11-15-41-25-31(37)19-35(20-32(38)26-42-16-12-8-2)29(5)23-45-24-30(6)36(21-33(39)27-43-17-13-9-3)22-34(40)28-44-18-14-10-4/h29-34,37-40H,7-28H2,1-6H3. The number of unbranched alkanes of at least 4 members (excludes halogenated alkanes) is 4. The van der Waals surface area contributed by atoms with Crippen LogP contribution in [0.1, 0.15) is 92.9 Å². The van der Waals surface area contributed by atoms with Gasteiger partial charge in [-0.25, -0.2) is 0 Å². The van der Waals surface area contributed by atoms with Gasteiger partial charge >= 0.3 is 0 Å². The molecule has 0 aromatic heterocycles. The molecule has 0 aliphatic rings. The second kappa shape index (κ2) is 30.9. The van der Waals surface area contributed by atoms with Crippen molar-refractivity contribution in [2.45, 2.75) is 129 Å². The average Bonchev–Trinajstić information content (AvgIpc) is 3.01. The molecule has 0 saturated carbocycles. The van der Waals surface area contributed by atoms with Crippen LogP contribution in [-0.4, -0.2) is 159 Å². The topological polar surface area (TPSA) is 134 Å². The molecule has 272 valence electrons. The molecule has 11 heteroatoms. The molecule has 0 aromatic rings. The van der Waals surface area contributed by atoms with Crippen molar-refractivity contribution in [2.75, 3.05) is 92.2 Å². The molecule has 0 fully saturated rings. The summed E-state index contributed by atoms with van der Waals surface area (Å²) in [6, 6.07) is -0.173. The molecule has 0 rings (SSSR count). The Kier molecular flexibility index (Phi) is 30.6. The number of aliphatic hydroxyl groups is 4. The molecular formula is C34H72N2O9. The molecule has 6 atom stereocenters. The molecule has 0 aliphatic heterocycles. The Balaban J connectivity index is 5.15. The number of hydrogen-bond donors (Lipinski definition) is 4. The summed E-state index contributed by atoms with van der Waals surface area (Å²) in [6.45, 7) is 18.1. The van der Waals surface area contributed by atoms with Gasteiger partial charge in [-0.1, -0.05) is 53.4 Å². The van der Waals surface area contributed by atoms with Gasteiger partial charge in [0.1, 0.15) is 0 Å². The van der Waals surface area contributed by atoms with E-state index in [0.29, 0.717) is 65.8 Å². The first-order chi connectivity index (χ1) is 21.7. The summed E-state index contributed by atoms with van der Waals surface area (Å²) in [5.74, 6) is 0. The summed E-state index contributed by atoms with van der Waals surface area (Å²) < 4.78 is 28.7. The zero-order chi connectivity index (χ0) is 33.7. The second-order valence-electron chi connectivity index (χ2n) is 12.5. The monoisotopic (exact) mass is 653 g/mol. The molecule has 0 saturated heterocycles. The number of ether oxygens (including phenoxy) is 5. The third-order valence-electron chi connectivity index (χ3n) is 7.56. The van der Waals surface area contributed by atoms with E-state index >= 15 is 0 Å². The minimum atomic E-state index is -0.686. The molecule has 4 N–H and O–H groups in total. The van der Waals surface area contributed by atoms with Gasteiger partial charge in [0.05, 0.1) is 64.1 Å². The van der Waals surface area contributed by atoms with E-state index < -0.39 is 24.4 Å². The molecule has 0 radical (unpaired) electrons. The first-order valence-electron chi connectivity index (χ1n) is 17.8. The lowest BCUT2D eigenvalue weighted by Crippen LogP contribution is -2.49. The van der Waals surface area contributed by atoms with Crippen LogP contribution < -0.4 is 0 Å². The van der Waals surface area contributed by atoms with Gasteiger partial charge in [-0.2, -0.15) is 0 Å². The quantitative estimate of drug-likeness (QED) is 0.0765. The van der Waals surface area contributed by atoms with Crippen LogP contribution in [0.4, 0.5) is 0 Å². The molecule has 0 aliphatic carbocycles. The third-order valence-corrected chi connectivity index (χ3v) is 7.56. The maximum Gasteiger partial charge on any atom is 0.0900 e. The van der Waals surface area contributed by atoms with Crippen molar-refractivity contribution in [1.29, 1.82) is 0 Å². The van der Waals surface area contributed by atoms with E-state index in [9.17, 15) is 20.4 Å². The van der Waals surface area contributed by atoms with Gasteiger partial charge in [-0.15, -0.1) is 0 Å². The van der Waals surface area contributed by atoms with Gasteiger partial charge in [0.2, 0.25) is 0 Å². The van der Waals surface area contributed by atoms with Gasteiger partial charge in [-0.3, -0.25) is 9.80 Å². The molecule has 0 amide bonds. The van der Waals surface area contributed by atoms with Crippen molar-refractivity contribution in [3.63, 3.8) is 0 Å². The van der Waals surface area contributed by atoms with E-state index in [1.165, 1.54) is 0 Å². The Morgan fingerprint density at radius 2 is 0.644 bits per heavy atom. The summed E-state index contributed by atoms with van der Waals surface area (Å²) in [4.78, 5) is 4.05. The minimum absolute atomic E-state index is 0.0867. The normalized spacial score (nSPS) is 16.3.